The monoisotopic (exact) mass is 275 g/mol. The van der Waals surface area contributed by atoms with Crippen LogP contribution in [-0.4, -0.2) is 16.1 Å². The van der Waals surface area contributed by atoms with E-state index in [2.05, 4.69) is 37.9 Å². The molecular weight excluding hydrogens is 258 g/mol. The van der Waals surface area contributed by atoms with E-state index in [-0.39, 0.29) is 5.69 Å². The van der Waals surface area contributed by atoms with Gasteiger partial charge in [0.05, 0.1) is 5.01 Å². The van der Waals surface area contributed by atoms with Gasteiger partial charge in [-0.25, -0.2) is 9.78 Å². The van der Waals surface area contributed by atoms with Gasteiger partial charge in [0.25, 0.3) is 0 Å². The molecule has 0 saturated carbocycles. The summed E-state index contributed by atoms with van der Waals surface area (Å²) in [5, 5.41) is 9.90. The largest absolute Gasteiger partial charge is 0.476 e. The minimum atomic E-state index is -0.947. The molecule has 100 valence electrons. The van der Waals surface area contributed by atoms with Crippen molar-refractivity contribution in [1.29, 1.82) is 0 Å². The van der Waals surface area contributed by atoms with Crippen LogP contribution in [0.15, 0.2) is 12.1 Å². The SMILES string of the molecule is Cc1cc(C)c(Cc2nc(C(=O)O)c(C)s2)c(C)c1. The van der Waals surface area contributed by atoms with Crippen LogP contribution in [0.2, 0.25) is 0 Å². The van der Waals surface area contributed by atoms with Gasteiger partial charge in [0.2, 0.25) is 0 Å². The van der Waals surface area contributed by atoms with E-state index in [9.17, 15) is 4.79 Å². The van der Waals surface area contributed by atoms with E-state index in [0.717, 1.165) is 9.88 Å². The predicted molar refractivity (Wildman–Crippen MR) is 77.3 cm³/mol. The summed E-state index contributed by atoms with van der Waals surface area (Å²) in [5.74, 6) is -0.947. The van der Waals surface area contributed by atoms with Crippen molar-refractivity contribution >= 4 is 17.3 Å². The summed E-state index contributed by atoms with van der Waals surface area (Å²) in [6.45, 7) is 8.07. The van der Waals surface area contributed by atoms with Crippen LogP contribution in [0.3, 0.4) is 0 Å². The average molecular weight is 275 g/mol. The highest BCUT2D eigenvalue weighted by molar-refractivity contribution is 7.11. The lowest BCUT2D eigenvalue weighted by atomic mass is 9.98. The molecule has 0 aliphatic rings. The summed E-state index contributed by atoms with van der Waals surface area (Å²) < 4.78 is 0. The van der Waals surface area contributed by atoms with Crippen LogP contribution in [0.5, 0.6) is 0 Å². The van der Waals surface area contributed by atoms with Gasteiger partial charge in [-0.3, -0.25) is 0 Å². The lowest BCUT2D eigenvalue weighted by Gasteiger charge is -2.09. The molecule has 2 rings (SSSR count). The Balaban J connectivity index is 2.37. The summed E-state index contributed by atoms with van der Waals surface area (Å²) in [6, 6.07) is 4.31. The number of aryl methyl sites for hydroxylation is 4. The van der Waals surface area contributed by atoms with Crippen LogP contribution < -0.4 is 0 Å². The Kier molecular flexibility index (Phi) is 3.71. The van der Waals surface area contributed by atoms with Gasteiger partial charge in [0.1, 0.15) is 0 Å². The van der Waals surface area contributed by atoms with Crippen molar-refractivity contribution in [3.63, 3.8) is 0 Å². The molecule has 19 heavy (non-hydrogen) atoms. The van der Waals surface area contributed by atoms with E-state index in [1.165, 1.54) is 33.6 Å². The highest BCUT2D eigenvalue weighted by atomic mass is 32.1. The molecule has 0 spiro atoms. The van der Waals surface area contributed by atoms with Gasteiger partial charge in [-0.2, -0.15) is 0 Å². The minimum absolute atomic E-state index is 0.183. The summed E-state index contributed by atoms with van der Waals surface area (Å²) >= 11 is 1.47. The first-order valence-electron chi connectivity index (χ1n) is 6.15. The molecular formula is C15H17NO2S. The number of nitrogens with zero attached hydrogens (tertiary/aromatic N) is 1. The van der Waals surface area contributed by atoms with Gasteiger partial charge in [-0.1, -0.05) is 17.7 Å². The third-order valence-corrected chi connectivity index (χ3v) is 4.18. The zero-order valence-electron chi connectivity index (χ0n) is 11.6. The maximum Gasteiger partial charge on any atom is 0.355 e. The van der Waals surface area contributed by atoms with Gasteiger partial charge in [0, 0.05) is 11.3 Å². The first-order chi connectivity index (χ1) is 8.88. The fourth-order valence-corrected chi connectivity index (χ4v) is 3.30. The van der Waals surface area contributed by atoms with E-state index >= 15 is 0 Å². The second-order valence-corrected chi connectivity index (χ2v) is 6.16. The van der Waals surface area contributed by atoms with Crippen LogP contribution in [0.25, 0.3) is 0 Å². The van der Waals surface area contributed by atoms with E-state index in [1.54, 1.807) is 6.92 Å². The number of carboxylic acids is 1. The molecule has 1 aromatic carbocycles. The lowest BCUT2D eigenvalue weighted by Crippen LogP contribution is -2.00. The molecule has 0 amide bonds. The van der Waals surface area contributed by atoms with Crippen LogP contribution in [0.1, 0.15) is 42.6 Å². The quantitative estimate of drug-likeness (QED) is 0.930. The van der Waals surface area contributed by atoms with Crippen molar-refractivity contribution in [2.75, 3.05) is 0 Å². The van der Waals surface area contributed by atoms with Crippen LogP contribution >= 0.6 is 11.3 Å². The normalized spacial score (nSPS) is 10.7. The van der Waals surface area contributed by atoms with E-state index in [1.807, 2.05) is 0 Å². The Morgan fingerprint density at radius 2 is 1.79 bits per heavy atom. The molecule has 0 saturated heterocycles. The molecule has 2 aromatic rings. The summed E-state index contributed by atoms with van der Waals surface area (Å²) in [4.78, 5) is 16.0. The van der Waals surface area contributed by atoms with Gasteiger partial charge in [-0.05, 0) is 44.4 Å². The summed E-state index contributed by atoms with van der Waals surface area (Å²) in [5.41, 5.74) is 5.16. The highest BCUT2D eigenvalue weighted by Crippen LogP contribution is 2.24. The van der Waals surface area contributed by atoms with Crippen molar-refractivity contribution in [3.05, 3.63) is 50.0 Å². The first-order valence-corrected chi connectivity index (χ1v) is 6.96. The van der Waals surface area contributed by atoms with Crippen molar-refractivity contribution in [2.24, 2.45) is 0 Å². The standard InChI is InChI=1S/C15H17NO2S/c1-8-5-9(2)12(10(3)6-8)7-13-16-14(15(17)18)11(4)19-13/h5-6H,7H2,1-4H3,(H,17,18). The molecule has 0 aliphatic heterocycles. The topological polar surface area (TPSA) is 50.2 Å². The molecule has 1 N–H and O–H groups in total. The zero-order chi connectivity index (χ0) is 14.2. The third-order valence-electron chi connectivity index (χ3n) is 3.21. The Bertz CT molecular complexity index is 621. The smallest absolute Gasteiger partial charge is 0.355 e. The molecule has 4 heteroatoms. The Hall–Kier alpha value is -1.68. The number of aromatic carboxylic acids is 1. The number of benzene rings is 1. The molecule has 0 aliphatic carbocycles. The van der Waals surface area contributed by atoms with Gasteiger partial charge in [0.15, 0.2) is 5.69 Å². The number of carbonyl (C=O) groups is 1. The fourth-order valence-electron chi connectivity index (χ4n) is 2.37. The van der Waals surface area contributed by atoms with Crippen molar-refractivity contribution < 1.29 is 9.90 Å². The number of hydrogen-bond donors (Lipinski definition) is 1. The molecule has 3 nitrogen and oxygen atoms in total. The maximum atomic E-state index is 11.0. The number of thiazole rings is 1. The molecule has 0 bridgehead atoms. The second-order valence-electron chi connectivity index (χ2n) is 4.87. The van der Waals surface area contributed by atoms with E-state index in [0.29, 0.717) is 6.42 Å². The second kappa shape index (κ2) is 5.13. The Morgan fingerprint density at radius 1 is 1.21 bits per heavy atom. The van der Waals surface area contributed by atoms with E-state index in [4.69, 9.17) is 5.11 Å². The molecule has 0 fully saturated rings. The predicted octanol–water partition coefficient (Wildman–Crippen LogP) is 3.67. The summed E-state index contributed by atoms with van der Waals surface area (Å²) in [7, 11) is 0. The van der Waals surface area contributed by atoms with Gasteiger partial charge in [-0.15, -0.1) is 11.3 Å². The number of rotatable bonds is 3. The zero-order valence-corrected chi connectivity index (χ0v) is 12.4. The Labute approximate surface area is 116 Å². The maximum absolute atomic E-state index is 11.0. The molecule has 1 heterocycles. The number of hydrogen-bond acceptors (Lipinski definition) is 3. The Morgan fingerprint density at radius 3 is 2.26 bits per heavy atom. The van der Waals surface area contributed by atoms with Gasteiger partial charge < -0.3 is 5.11 Å². The van der Waals surface area contributed by atoms with Crippen molar-refractivity contribution in [2.45, 2.75) is 34.1 Å². The van der Waals surface area contributed by atoms with Crippen LogP contribution in [-0.2, 0) is 6.42 Å². The van der Waals surface area contributed by atoms with Crippen molar-refractivity contribution in [3.8, 4) is 0 Å². The fraction of sp³-hybridized carbons (Fsp3) is 0.333. The molecule has 0 atom stereocenters. The minimum Gasteiger partial charge on any atom is -0.476 e. The highest BCUT2D eigenvalue weighted by Gasteiger charge is 2.15. The molecule has 1 aromatic heterocycles. The first kappa shape index (κ1) is 13.7. The molecule has 0 unspecified atom stereocenters. The van der Waals surface area contributed by atoms with E-state index < -0.39 is 5.97 Å². The number of carboxylic acid groups (broad SMARTS) is 1. The van der Waals surface area contributed by atoms with Crippen molar-refractivity contribution in [1.82, 2.24) is 4.98 Å². The number of aromatic nitrogens is 1. The third kappa shape index (κ3) is 2.84. The lowest BCUT2D eigenvalue weighted by molar-refractivity contribution is 0.0690. The summed E-state index contributed by atoms with van der Waals surface area (Å²) in [6.07, 6.45) is 0.705. The average Bonchev–Trinajstić information content (AvgIpc) is 2.65. The van der Waals surface area contributed by atoms with Crippen LogP contribution in [0, 0.1) is 27.7 Å². The van der Waals surface area contributed by atoms with Gasteiger partial charge >= 0.3 is 5.97 Å². The molecule has 0 radical (unpaired) electrons. The van der Waals surface area contributed by atoms with Crippen LogP contribution in [0.4, 0.5) is 0 Å².